The van der Waals surface area contributed by atoms with Crippen molar-refractivity contribution in [2.24, 2.45) is 0 Å². The molecule has 0 spiro atoms. The van der Waals surface area contributed by atoms with E-state index < -0.39 is 0 Å². The first kappa shape index (κ1) is 8.43. The molecule has 9 heavy (non-hydrogen) atoms. The molecule has 0 aliphatic rings. The predicted molar refractivity (Wildman–Crippen MR) is 44.5 cm³/mol. The van der Waals surface area contributed by atoms with E-state index in [0.29, 0.717) is 0 Å². The van der Waals surface area contributed by atoms with Crippen LogP contribution in [-0.2, 0) is 0 Å². The van der Waals surface area contributed by atoms with E-state index in [1.165, 1.54) is 0 Å². The van der Waals surface area contributed by atoms with Gasteiger partial charge in [-0.1, -0.05) is 19.4 Å². The summed E-state index contributed by atoms with van der Waals surface area (Å²) < 4.78 is 0. The van der Waals surface area contributed by atoms with Crippen LogP contribution < -0.4 is 0 Å². The molecule has 0 aromatic carbocycles. The normalized spacial score (nSPS) is 11.1. The summed E-state index contributed by atoms with van der Waals surface area (Å²) in [5.41, 5.74) is 2.67. The fourth-order valence-corrected chi connectivity index (χ4v) is 1.08. The van der Waals surface area contributed by atoms with Gasteiger partial charge in [-0.2, -0.15) is 0 Å². The second kappa shape index (κ2) is 5.56. The third kappa shape index (κ3) is 3.97. The Bertz CT molecular complexity index is 146. The van der Waals surface area contributed by atoms with Crippen LogP contribution >= 0.6 is 11.8 Å². The van der Waals surface area contributed by atoms with Crippen LogP contribution in [0.4, 0.5) is 0 Å². The molecule has 0 aliphatic heterocycles. The average Bonchev–Trinajstić information content (AvgIpc) is 1.88. The molecule has 0 aromatic rings. The molecule has 0 saturated heterocycles. The molecule has 0 bridgehead atoms. The number of thioether (sulfide) groups is 1. The molecule has 1 unspecified atom stereocenters. The lowest BCUT2D eigenvalue weighted by molar-refractivity contribution is 1.45. The second-order valence-corrected chi connectivity index (χ2v) is 2.83. The van der Waals surface area contributed by atoms with E-state index in [4.69, 9.17) is 6.42 Å². The number of terminal acetylenes is 1. The highest BCUT2D eigenvalue weighted by molar-refractivity contribution is 8.00. The molecule has 0 saturated carbocycles. The lowest BCUT2D eigenvalue weighted by atomic mass is 10.4. The van der Waals surface area contributed by atoms with Crippen molar-refractivity contribution in [3.05, 3.63) is 18.4 Å². The Hall–Kier alpha value is -0.570. The summed E-state index contributed by atoms with van der Waals surface area (Å²) in [7, 11) is 0. The number of rotatable bonds is 3. The highest BCUT2D eigenvalue weighted by Crippen LogP contribution is 2.09. The quantitative estimate of drug-likeness (QED) is 0.425. The third-order valence-electron chi connectivity index (χ3n) is 0.780. The molecule has 0 amide bonds. The molecule has 48 valence electrons. The van der Waals surface area contributed by atoms with E-state index in [2.05, 4.69) is 25.2 Å². The zero-order valence-electron chi connectivity index (χ0n) is 5.55. The van der Waals surface area contributed by atoms with Crippen LogP contribution in [0, 0.1) is 12.3 Å². The first-order valence-corrected chi connectivity index (χ1v) is 3.83. The van der Waals surface area contributed by atoms with Gasteiger partial charge in [-0.15, -0.1) is 23.9 Å². The maximum absolute atomic E-state index is 5.18. The Morgan fingerprint density at radius 3 is 2.89 bits per heavy atom. The average molecular weight is 138 g/mol. The van der Waals surface area contributed by atoms with E-state index in [1.54, 1.807) is 17.8 Å². The summed E-state index contributed by atoms with van der Waals surface area (Å²) >= 11 is 1.71. The minimum atomic E-state index is 0.160. The van der Waals surface area contributed by atoms with Gasteiger partial charge in [0.1, 0.15) is 0 Å². The van der Waals surface area contributed by atoms with Crippen LogP contribution in [0.2, 0.25) is 0 Å². The Morgan fingerprint density at radius 1 is 1.89 bits per heavy atom. The Labute approximate surface area is 61.0 Å². The van der Waals surface area contributed by atoms with Gasteiger partial charge >= 0.3 is 0 Å². The summed E-state index contributed by atoms with van der Waals surface area (Å²) in [5.74, 6) is 3.64. The molecule has 0 fully saturated rings. The monoisotopic (exact) mass is 138 g/mol. The second-order valence-electron chi connectivity index (χ2n) is 1.41. The summed E-state index contributed by atoms with van der Waals surface area (Å²) in [6.07, 6.45) is 6.97. The molecule has 0 N–H and O–H groups in total. The highest BCUT2D eigenvalue weighted by atomic mass is 32.2. The van der Waals surface area contributed by atoms with Crippen molar-refractivity contribution in [3.63, 3.8) is 0 Å². The molecule has 0 nitrogen and oxygen atoms in total. The van der Waals surface area contributed by atoms with Gasteiger partial charge in [-0.05, 0) is 11.8 Å². The molecule has 0 aliphatic carbocycles. The van der Waals surface area contributed by atoms with Gasteiger partial charge in [0.25, 0.3) is 0 Å². The van der Waals surface area contributed by atoms with Gasteiger partial charge in [0.05, 0.1) is 5.25 Å². The summed E-state index contributed by atoms with van der Waals surface area (Å²) in [5, 5.41) is 0.160. The van der Waals surface area contributed by atoms with E-state index >= 15 is 0 Å². The van der Waals surface area contributed by atoms with Gasteiger partial charge < -0.3 is 0 Å². The maximum Gasteiger partial charge on any atom is 0.0907 e. The van der Waals surface area contributed by atoms with E-state index in [9.17, 15) is 0 Å². The van der Waals surface area contributed by atoms with Crippen molar-refractivity contribution < 1.29 is 0 Å². The number of hydrogen-bond acceptors (Lipinski definition) is 1. The Morgan fingerprint density at radius 2 is 2.56 bits per heavy atom. The maximum atomic E-state index is 5.18. The smallest absolute Gasteiger partial charge is 0.0907 e. The van der Waals surface area contributed by atoms with Gasteiger partial charge in [0.15, 0.2) is 0 Å². The van der Waals surface area contributed by atoms with Gasteiger partial charge in [-0.25, -0.2) is 0 Å². The zero-order chi connectivity index (χ0) is 7.11. The lowest BCUT2D eigenvalue weighted by Gasteiger charge is -1.98. The fourth-order valence-electron chi connectivity index (χ4n) is 0.431. The lowest BCUT2D eigenvalue weighted by Crippen LogP contribution is -1.91. The van der Waals surface area contributed by atoms with Crippen molar-refractivity contribution >= 4 is 11.8 Å². The van der Waals surface area contributed by atoms with E-state index in [0.717, 1.165) is 5.75 Å². The topological polar surface area (TPSA) is 0 Å². The molecule has 1 heteroatoms. The van der Waals surface area contributed by atoms with Crippen LogP contribution in [0.25, 0.3) is 0 Å². The van der Waals surface area contributed by atoms with Crippen LogP contribution in [0.3, 0.4) is 0 Å². The zero-order valence-corrected chi connectivity index (χ0v) is 6.37. The number of hydrogen-bond donors (Lipinski definition) is 0. The highest BCUT2D eigenvalue weighted by Gasteiger charge is 1.94. The first-order valence-electron chi connectivity index (χ1n) is 2.78. The first-order chi connectivity index (χ1) is 4.35. The minimum Gasteiger partial charge on any atom is -0.141 e. The van der Waals surface area contributed by atoms with Gasteiger partial charge in [0.2, 0.25) is 0 Å². The molecule has 0 aromatic heterocycles. The predicted octanol–water partition coefficient (Wildman–Crippen LogP) is 2.08. The fraction of sp³-hybridized carbons (Fsp3) is 0.375. The van der Waals surface area contributed by atoms with Crippen LogP contribution in [0.5, 0.6) is 0 Å². The van der Waals surface area contributed by atoms with E-state index in [1.807, 2.05) is 0 Å². The summed E-state index contributed by atoms with van der Waals surface area (Å²) in [4.78, 5) is 0. The molecular formula is C8H10S. The van der Waals surface area contributed by atoms with Gasteiger partial charge in [-0.3, -0.25) is 0 Å². The summed E-state index contributed by atoms with van der Waals surface area (Å²) in [6, 6.07) is 0. The minimum absolute atomic E-state index is 0.160. The molecular weight excluding hydrogens is 128 g/mol. The van der Waals surface area contributed by atoms with Crippen molar-refractivity contribution in [2.75, 3.05) is 5.75 Å². The van der Waals surface area contributed by atoms with Crippen LogP contribution in [0.15, 0.2) is 18.4 Å². The third-order valence-corrected chi connectivity index (χ3v) is 1.74. The SMILES string of the molecule is C#CC(C=C=C)SCC. The van der Waals surface area contributed by atoms with Crippen molar-refractivity contribution in [1.82, 2.24) is 0 Å². The molecule has 1 atom stereocenters. The Balaban J connectivity index is 3.72. The van der Waals surface area contributed by atoms with Crippen molar-refractivity contribution in [1.29, 1.82) is 0 Å². The molecule has 0 rings (SSSR count). The summed E-state index contributed by atoms with van der Waals surface area (Å²) in [6.45, 7) is 5.52. The van der Waals surface area contributed by atoms with Gasteiger partial charge in [0, 0.05) is 0 Å². The standard InChI is InChI=1S/C8H10S/c1-4-7-8(5-2)9-6-3/h2,7-8H,1,6H2,3H3. The van der Waals surface area contributed by atoms with E-state index in [-0.39, 0.29) is 5.25 Å². The molecule has 0 heterocycles. The molecule has 0 radical (unpaired) electrons. The van der Waals surface area contributed by atoms with Crippen LogP contribution in [-0.4, -0.2) is 11.0 Å². The van der Waals surface area contributed by atoms with Crippen LogP contribution in [0.1, 0.15) is 6.92 Å². The van der Waals surface area contributed by atoms with Crippen molar-refractivity contribution in [2.45, 2.75) is 12.2 Å². The van der Waals surface area contributed by atoms with Crippen molar-refractivity contribution in [3.8, 4) is 12.3 Å². The Kier molecular flexibility index (Phi) is 5.21. The largest absolute Gasteiger partial charge is 0.141 e.